The highest BCUT2D eigenvalue weighted by Crippen LogP contribution is 2.39. The fourth-order valence-electron chi connectivity index (χ4n) is 2.60. The zero-order chi connectivity index (χ0) is 14.1. The molecular weight excluding hydrogens is 256 g/mol. The van der Waals surface area contributed by atoms with Crippen LogP contribution in [0.1, 0.15) is 31.5 Å². The van der Waals surface area contributed by atoms with Crippen LogP contribution in [0.4, 0.5) is 11.6 Å². The number of hydrogen-bond donors (Lipinski definition) is 2. The summed E-state index contributed by atoms with van der Waals surface area (Å²) in [6.07, 6.45) is 2.32. The number of nitrogens with zero attached hydrogens (tertiary/aromatic N) is 3. The van der Waals surface area contributed by atoms with Crippen molar-refractivity contribution < 1.29 is 9.84 Å². The third kappa shape index (κ3) is 2.86. The average molecular weight is 278 g/mol. The molecule has 2 unspecified atom stereocenters. The summed E-state index contributed by atoms with van der Waals surface area (Å²) in [5, 5.41) is 12.4. The van der Waals surface area contributed by atoms with Crippen molar-refractivity contribution in [3.63, 3.8) is 0 Å². The van der Waals surface area contributed by atoms with Crippen LogP contribution < -0.4 is 10.2 Å². The van der Waals surface area contributed by atoms with E-state index in [1.807, 2.05) is 20.0 Å². The van der Waals surface area contributed by atoms with Gasteiger partial charge in [-0.3, -0.25) is 0 Å². The molecule has 2 aliphatic rings. The van der Waals surface area contributed by atoms with E-state index in [1.54, 1.807) is 0 Å². The predicted octanol–water partition coefficient (Wildman–Crippen LogP) is 0.982. The maximum atomic E-state index is 9.33. The third-order valence-electron chi connectivity index (χ3n) is 3.78. The molecule has 110 valence electrons. The van der Waals surface area contributed by atoms with E-state index in [9.17, 15) is 5.11 Å². The van der Waals surface area contributed by atoms with Gasteiger partial charge in [0, 0.05) is 32.1 Å². The van der Waals surface area contributed by atoms with Crippen molar-refractivity contribution >= 4 is 11.6 Å². The zero-order valence-corrected chi connectivity index (χ0v) is 12.0. The molecule has 0 aromatic carbocycles. The van der Waals surface area contributed by atoms with Crippen molar-refractivity contribution in [3.8, 4) is 0 Å². The first-order chi connectivity index (χ1) is 9.69. The van der Waals surface area contributed by atoms with Crippen LogP contribution in [-0.2, 0) is 4.74 Å². The fourth-order valence-corrected chi connectivity index (χ4v) is 2.60. The quantitative estimate of drug-likeness (QED) is 0.855. The lowest BCUT2D eigenvalue weighted by Crippen LogP contribution is -2.48. The topological polar surface area (TPSA) is 70.5 Å². The number of rotatable bonds is 4. The minimum absolute atomic E-state index is 0.0420. The molecular formula is C14H22N4O2. The Bertz CT molecular complexity index is 478. The molecule has 2 atom stereocenters. The highest BCUT2D eigenvalue weighted by Gasteiger charge is 2.30. The smallest absolute Gasteiger partial charge is 0.136 e. The summed E-state index contributed by atoms with van der Waals surface area (Å²) < 4.78 is 5.68. The highest BCUT2D eigenvalue weighted by molar-refractivity contribution is 5.50. The van der Waals surface area contributed by atoms with Crippen molar-refractivity contribution in [3.05, 3.63) is 11.9 Å². The molecule has 6 heteroatoms. The third-order valence-corrected chi connectivity index (χ3v) is 3.78. The molecule has 6 nitrogen and oxygen atoms in total. The van der Waals surface area contributed by atoms with Crippen LogP contribution in [0.15, 0.2) is 6.07 Å². The number of aliphatic hydroxyl groups excluding tert-OH is 1. The van der Waals surface area contributed by atoms with E-state index in [2.05, 4.69) is 15.2 Å². The summed E-state index contributed by atoms with van der Waals surface area (Å²) in [5.41, 5.74) is 0. The van der Waals surface area contributed by atoms with Gasteiger partial charge in [-0.05, 0) is 19.8 Å². The van der Waals surface area contributed by atoms with Crippen molar-refractivity contribution in [1.29, 1.82) is 0 Å². The van der Waals surface area contributed by atoms with Crippen molar-refractivity contribution in [2.45, 2.75) is 37.9 Å². The molecule has 1 aromatic rings. The number of anilines is 2. The van der Waals surface area contributed by atoms with Gasteiger partial charge < -0.3 is 20.1 Å². The predicted molar refractivity (Wildman–Crippen MR) is 77.2 cm³/mol. The lowest BCUT2D eigenvalue weighted by atomic mass is 10.2. The minimum Gasteiger partial charge on any atom is -0.394 e. The van der Waals surface area contributed by atoms with Crippen LogP contribution >= 0.6 is 0 Å². The maximum absolute atomic E-state index is 9.33. The molecule has 2 N–H and O–H groups in total. The molecule has 1 aliphatic carbocycles. The normalized spacial score (nSPS) is 26.6. The molecule has 1 aliphatic heterocycles. The van der Waals surface area contributed by atoms with Crippen molar-refractivity contribution in [2.24, 2.45) is 0 Å². The van der Waals surface area contributed by atoms with E-state index < -0.39 is 0 Å². The molecule has 1 saturated heterocycles. The Morgan fingerprint density at radius 3 is 2.85 bits per heavy atom. The molecule has 0 radical (unpaired) electrons. The molecule has 20 heavy (non-hydrogen) atoms. The molecule has 2 fully saturated rings. The molecule has 0 spiro atoms. The number of ether oxygens (including phenoxy) is 1. The van der Waals surface area contributed by atoms with Crippen LogP contribution in [0, 0.1) is 0 Å². The van der Waals surface area contributed by atoms with E-state index in [0.717, 1.165) is 24.0 Å². The summed E-state index contributed by atoms with van der Waals surface area (Å²) in [5.74, 6) is 3.25. The Labute approximate surface area is 119 Å². The second kappa shape index (κ2) is 5.54. The van der Waals surface area contributed by atoms with E-state index in [1.165, 1.54) is 12.8 Å². The molecule has 1 aromatic heterocycles. The van der Waals surface area contributed by atoms with Gasteiger partial charge in [0.2, 0.25) is 0 Å². The van der Waals surface area contributed by atoms with Gasteiger partial charge in [0.1, 0.15) is 17.5 Å². The Morgan fingerprint density at radius 1 is 1.40 bits per heavy atom. The Morgan fingerprint density at radius 2 is 2.20 bits per heavy atom. The summed E-state index contributed by atoms with van der Waals surface area (Å²) in [6.45, 7) is 3.53. The van der Waals surface area contributed by atoms with Gasteiger partial charge in [-0.2, -0.15) is 0 Å². The van der Waals surface area contributed by atoms with Crippen LogP contribution in [0.5, 0.6) is 0 Å². The van der Waals surface area contributed by atoms with Crippen molar-refractivity contribution in [1.82, 2.24) is 9.97 Å². The fraction of sp³-hybridized carbons (Fsp3) is 0.714. The van der Waals surface area contributed by atoms with Crippen LogP contribution in [0.3, 0.4) is 0 Å². The molecule has 2 heterocycles. The number of aromatic nitrogens is 2. The molecule has 3 rings (SSSR count). The number of hydrogen-bond acceptors (Lipinski definition) is 6. The summed E-state index contributed by atoms with van der Waals surface area (Å²) >= 11 is 0. The van der Waals surface area contributed by atoms with Gasteiger partial charge in [-0.1, -0.05) is 0 Å². The van der Waals surface area contributed by atoms with E-state index >= 15 is 0 Å². The second-order valence-electron chi connectivity index (χ2n) is 5.65. The highest BCUT2D eigenvalue weighted by atomic mass is 16.5. The summed E-state index contributed by atoms with van der Waals surface area (Å²) in [7, 11) is 1.88. The summed E-state index contributed by atoms with van der Waals surface area (Å²) in [4.78, 5) is 11.4. The van der Waals surface area contributed by atoms with Crippen LogP contribution in [0.2, 0.25) is 0 Å². The first-order valence-corrected chi connectivity index (χ1v) is 7.27. The van der Waals surface area contributed by atoms with E-state index in [0.29, 0.717) is 12.5 Å². The number of aliphatic hydroxyl groups is 1. The molecule has 0 amide bonds. The first-order valence-electron chi connectivity index (χ1n) is 7.27. The van der Waals surface area contributed by atoms with Crippen LogP contribution in [-0.4, -0.2) is 54.0 Å². The van der Waals surface area contributed by atoms with Gasteiger partial charge >= 0.3 is 0 Å². The number of nitrogens with one attached hydrogen (secondary N) is 1. The van der Waals surface area contributed by atoms with Gasteiger partial charge in [-0.25, -0.2) is 9.97 Å². The lowest BCUT2D eigenvalue weighted by Gasteiger charge is -2.37. The zero-order valence-electron chi connectivity index (χ0n) is 12.0. The van der Waals surface area contributed by atoms with Gasteiger partial charge in [0.25, 0.3) is 0 Å². The second-order valence-corrected chi connectivity index (χ2v) is 5.65. The monoisotopic (exact) mass is 278 g/mol. The lowest BCUT2D eigenvalue weighted by molar-refractivity contribution is -0.0423. The largest absolute Gasteiger partial charge is 0.394 e. The van der Waals surface area contributed by atoms with Crippen LogP contribution in [0.25, 0.3) is 0 Å². The maximum Gasteiger partial charge on any atom is 0.136 e. The molecule has 0 bridgehead atoms. The van der Waals surface area contributed by atoms with E-state index in [4.69, 9.17) is 9.72 Å². The Hall–Kier alpha value is -1.40. The SMILES string of the molecule is CNc1cc(N2CC(C)OC(CO)C2)nc(C2CC2)n1. The standard InChI is InChI=1S/C14H22N4O2/c1-9-6-18(7-11(8-19)20-9)13-5-12(15-2)16-14(17-13)10-3-4-10/h5,9-11,19H,3-4,6-8H2,1-2H3,(H,15,16,17). The van der Waals surface area contributed by atoms with Gasteiger partial charge in [-0.15, -0.1) is 0 Å². The number of morpholine rings is 1. The summed E-state index contributed by atoms with van der Waals surface area (Å²) in [6, 6.07) is 1.97. The van der Waals surface area contributed by atoms with E-state index in [-0.39, 0.29) is 18.8 Å². The average Bonchev–Trinajstić information content (AvgIpc) is 3.30. The Balaban J connectivity index is 1.86. The van der Waals surface area contributed by atoms with Gasteiger partial charge in [0.05, 0.1) is 18.8 Å². The van der Waals surface area contributed by atoms with Crippen molar-refractivity contribution in [2.75, 3.05) is 37.0 Å². The minimum atomic E-state index is -0.142. The molecule has 1 saturated carbocycles. The first kappa shape index (κ1) is 13.6. The Kier molecular flexibility index (Phi) is 3.76. The van der Waals surface area contributed by atoms with Gasteiger partial charge in [0.15, 0.2) is 0 Å².